The van der Waals surface area contributed by atoms with Crippen molar-refractivity contribution in [2.45, 2.75) is 6.10 Å². The summed E-state index contributed by atoms with van der Waals surface area (Å²) in [5.74, 6) is 0. The second-order valence-corrected chi connectivity index (χ2v) is 8.69. The van der Waals surface area contributed by atoms with Crippen molar-refractivity contribution in [1.29, 1.82) is 0 Å². The van der Waals surface area contributed by atoms with Crippen molar-refractivity contribution in [2.24, 2.45) is 0 Å². The normalized spacial score (nSPS) is 11.9. The SMILES string of the molecule is CN(C)S(=O)(=O)n1cnc(C(O)c2cccc([N+](=O)[O-])c2)c1.O=Cc1cccc([N+](=O)[O-])c1. The Morgan fingerprint density at radius 3 is 2.18 bits per heavy atom. The van der Waals surface area contributed by atoms with Crippen LogP contribution in [0.1, 0.15) is 27.7 Å². The van der Waals surface area contributed by atoms with Crippen LogP contribution in [0.5, 0.6) is 0 Å². The number of aliphatic hydroxyl groups excluding tert-OH is 1. The first-order valence-electron chi connectivity index (χ1n) is 9.06. The van der Waals surface area contributed by atoms with Crippen LogP contribution in [0.15, 0.2) is 61.1 Å². The van der Waals surface area contributed by atoms with E-state index in [0.29, 0.717) is 11.8 Å². The second-order valence-electron chi connectivity index (χ2n) is 6.64. The highest BCUT2D eigenvalue weighted by atomic mass is 32.2. The van der Waals surface area contributed by atoms with Gasteiger partial charge >= 0.3 is 10.2 Å². The van der Waals surface area contributed by atoms with Gasteiger partial charge in [-0.1, -0.05) is 24.3 Å². The summed E-state index contributed by atoms with van der Waals surface area (Å²) in [6, 6.07) is 11.0. The Kier molecular flexibility index (Phi) is 8.06. The monoisotopic (exact) mass is 477 g/mol. The van der Waals surface area contributed by atoms with Crippen molar-refractivity contribution in [2.75, 3.05) is 14.1 Å². The number of aromatic nitrogens is 2. The predicted octanol–water partition coefficient (Wildman–Crippen LogP) is 1.93. The first-order valence-corrected chi connectivity index (χ1v) is 10.5. The molecule has 1 unspecified atom stereocenters. The Hall–Kier alpha value is -4.01. The van der Waals surface area contributed by atoms with Crippen molar-refractivity contribution < 1.29 is 28.2 Å². The van der Waals surface area contributed by atoms with Crippen molar-refractivity contribution in [3.05, 3.63) is 98.1 Å². The molecule has 3 aromatic rings. The highest BCUT2D eigenvalue weighted by molar-refractivity contribution is 7.87. The maximum absolute atomic E-state index is 11.9. The van der Waals surface area contributed by atoms with Crippen LogP contribution in [0.4, 0.5) is 11.4 Å². The van der Waals surface area contributed by atoms with Crippen molar-refractivity contribution in [3.63, 3.8) is 0 Å². The molecular formula is C19H19N5O8S. The number of rotatable bonds is 7. The van der Waals surface area contributed by atoms with E-state index in [1.54, 1.807) is 0 Å². The molecule has 174 valence electrons. The summed E-state index contributed by atoms with van der Waals surface area (Å²) in [6.45, 7) is 0. The van der Waals surface area contributed by atoms with Gasteiger partial charge < -0.3 is 5.11 Å². The first-order chi connectivity index (χ1) is 15.5. The number of hydrogen-bond acceptors (Lipinski definition) is 9. The Bertz CT molecular complexity index is 1270. The quantitative estimate of drug-likeness (QED) is 0.302. The number of hydrogen-bond donors (Lipinski definition) is 1. The van der Waals surface area contributed by atoms with Gasteiger partial charge in [-0.3, -0.25) is 25.0 Å². The van der Waals surface area contributed by atoms with Crippen LogP contribution in [0.25, 0.3) is 0 Å². The van der Waals surface area contributed by atoms with Crippen LogP contribution in [0.2, 0.25) is 0 Å². The summed E-state index contributed by atoms with van der Waals surface area (Å²) < 4.78 is 25.7. The molecule has 1 N–H and O–H groups in total. The Morgan fingerprint density at radius 1 is 1.06 bits per heavy atom. The first kappa shape index (κ1) is 25.3. The molecule has 0 saturated carbocycles. The molecule has 1 aromatic heterocycles. The molecule has 0 aliphatic carbocycles. The molecule has 14 heteroatoms. The number of benzene rings is 2. The van der Waals surface area contributed by atoms with Crippen LogP contribution in [0, 0.1) is 20.2 Å². The van der Waals surface area contributed by atoms with Gasteiger partial charge in [-0.25, -0.2) is 8.96 Å². The zero-order valence-electron chi connectivity index (χ0n) is 17.4. The van der Waals surface area contributed by atoms with Crippen LogP contribution in [-0.4, -0.2) is 57.0 Å². The average molecular weight is 477 g/mol. The molecule has 0 fully saturated rings. The van der Waals surface area contributed by atoms with Crippen molar-refractivity contribution >= 4 is 27.9 Å². The lowest BCUT2D eigenvalue weighted by Gasteiger charge is -2.11. The molecule has 1 heterocycles. The molecular weight excluding hydrogens is 458 g/mol. The molecule has 0 radical (unpaired) electrons. The molecule has 33 heavy (non-hydrogen) atoms. The van der Waals surface area contributed by atoms with E-state index in [1.807, 2.05) is 0 Å². The van der Waals surface area contributed by atoms with Gasteiger partial charge in [0.05, 0.1) is 15.5 Å². The lowest BCUT2D eigenvalue weighted by atomic mass is 10.1. The van der Waals surface area contributed by atoms with Gasteiger partial charge in [-0.15, -0.1) is 0 Å². The van der Waals surface area contributed by atoms with Gasteiger partial charge in [0.2, 0.25) is 0 Å². The van der Waals surface area contributed by atoms with Crippen LogP contribution in [0.3, 0.4) is 0 Å². The number of nitrogens with zero attached hydrogens (tertiary/aromatic N) is 5. The average Bonchev–Trinajstić information content (AvgIpc) is 3.30. The van der Waals surface area contributed by atoms with Gasteiger partial charge in [-0.05, 0) is 5.56 Å². The number of aliphatic hydroxyl groups is 1. The summed E-state index contributed by atoms with van der Waals surface area (Å²) >= 11 is 0. The number of aldehydes is 1. The minimum Gasteiger partial charge on any atom is -0.382 e. The van der Waals surface area contributed by atoms with E-state index in [-0.39, 0.29) is 22.6 Å². The van der Waals surface area contributed by atoms with E-state index < -0.39 is 26.2 Å². The van der Waals surface area contributed by atoms with E-state index in [1.165, 1.54) is 68.8 Å². The largest absolute Gasteiger partial charge is 0.382 e. The molecule has 0 bridgehead atoms. The topological polar surface area (TPSA) is 179 Å². The van der Waals surface area contributed by atoms with Crippen molar-refractivity contribution in [1.82, 2.24) is 13.3 Å². The smallest absolute Gasteiger partial charge is 0.308 e. The lowest BCUT2D eigenvalue weighted by Crippen LogP contribution is -2.27. The second kappa shape index (κ2) is 10.5. The van der Waals surface area contributed by atoms with Gasteiger partial charge in [0.1, 0.15) is 18.7 Å². The minimum absolute atomic E-state index is 0.0606. The molecule has 0 spiro atoms. The highest BCUT2D eigenvalue weighted by Crippen LogP contribution is 2.24. The lowest BCUT2D eigenvalue weighted by molar-refractivity contribution is -0.385. The van der Waals surface area contributed by atoms with Crippen molar-refractivity contribution in [3.8, 4) is 0 Å². The molecule has 0 saturated heterocycles. The number of carbonyl (C=O) groups is 1. The zero-order valence-corrected chi connectivity index (χ0v) is 18.2. The minimum atomic E-state index is -3.73. The van der Waals surface area contributed by atoms with Crippen LogP contribution >= 0.6 is 0 Å². The number of nitro benzene ring substituents is 2. The fourth-order valence-electron chi connectivity index (χ4n) is 2.47. The Morgan fingerprint density at radius 2 is 1.64 bits per heavy atom. The Balaban J connectivity index is 0.000000294. The van der Waals surface area contributed by atoms with E-state index in [2.05, 4.69) is 4.98 Å². The fourth-order valence-corrected chi connectivity index (χ4v) is 3.25. The fraction of sp³-hybridized carbons (Fsp3) is 0.158. The summed E-state index contributed by atoms with van der Waals surface area (Å²) in [5.41, 5.74) is 0.415. The zero-order chi connectivity index (χ0) is 24.8. The third-order valence-electron chi connectivity index (χ3n) is 4.20. The molecule has 2 aromatic carbocycles. The van der Waals surface area contributed by atoms with E-state index >= 15 is 0 Å². The molecule has 0 aliphatic heterocycles. The molecule has 1 atom stereocenters. The van der Waals surface area contributed by atoms with Crippen LogP contribution < -0.4 is 0 Å². The van der Waals surface area contributed by atoms with Gasteiger partial charge in [0, 0.05) is 50.1 Å². The molecule has 3 rings (SSSR count). The maximum Gasteiger partial charge on any atom is 0.308 e. The van der Waals surface area contributed by atoms with Gasteiger partial charge in [0.25, 0.3) is 11.4 Å². The van der Waals surface area contributed by atoms with Gasteiger partial charge in [-0.2, -0.15) is 12.7 Å². The molecule has 13 nitrogen and oxygen atoms in total. The van der Waals surface area contributed by atoms with Gasteiger partial charge in [0.15, 0.2) is 0 Å². The van der Waals surface area contributed by atoms with E-state index in [9.17, 15) is 38.5 Å². The van der Waals surface area contributed by atoms with E-state index in [4.69, 9.17) is 0 Å². The molecule has 0 aliphatic rings. The predicted molar refractivity (Wildman–Crippen MR) is 116 cm³/mol. The summed E-state index contributed by atoms with van der Waals surface area (Å²) in [4.78, 5) is 33.8. The highest BCUT2D eigenvalue weighted by Gasteiger charge is 2.21. The maximum atomic E-state index is 11.9. The third kappa shape index (κ3) is 6.25. The summed E-state index contributed by atoms with van der Waals surface area (Å²) in [7, 11) is -0.991. The Labute approximate surface area is 188 Å². The van der Waals surface area contributed by atoms with Crippen LogP contribution in [-0.2, 0) is 10.2 Å². The molecule has 0 amide bonds. The number of imidazole rings is 1. The standard InChI is InChI=1S/C12H14N4O5S.C7H5NO3/c1-14(2)22(20,21)15-7-11(13-8-15)12(17)9-4-3-5-10(6-9)16(18)19;9-5-6-2-1-3-7(4-6)8(10)11/h3-8,12,17H,1-2H3;1-5H. The summed E-state index contributed by atoms with van der Waals surface area (Å²) in [5, 5.41) is 31.1. The number of nitro groups is 2. The third-order valence-corrected chi connectivity index (χ3v) is 5.86. The van der Waals surface area contributed by atoms with E-state index in [0.717, 1.165) is 14.6 Å². The number of carbonyl (C=O) groups excluding carboxylic acids is 1. The summed E-state index contributed by atoms with van der Waals surface area (Å²) in [6.07, 6.45) is 1.54. The number of non-ortho nitro benzene ring substituents is 2.